The Morgan fingerprint density at radius 1 is 1.62 bits per heavy atom. The average molecular weight is 223 g/mol. The van der Waals surface area contributed by atoms with Crippen LogP contribution in [-0.4, -0.2) is 23.7 Å². The topological polar surface area (TPSA) is 62.5 Å². The summed E-state index contributed by atoms with van der Waals surface area (Å²) < 4.78 is 5.28. The third-order valence-electron chi connectivity index (χ3n) is 2.22. The van der Waals surface area contributed by atoms with Crippen molar-refractivity contribution >= 4 is 12.0 Å². The van der Waals surface area contributed by atoms with Crippen molar-refractivity contribution < 1.29 is 14.3 Å². The molecule has 0 aliphatic carbocycles. The summed E-state index contributed by atoms with van der Waals surface area (Å²) in [5, 5.41) is 11.6. The van der Waals surface area contributed by atoms with Crippen molar-refractivity contribution in [2.24, 2.45) is 0 Å². The van der Waals surface area contributed by atoms with Gasteiger partial charge in [0.05, 0.1) is 12.6 Å². The highest BCUT2D eigenvalue weighted by Gasteiger charge is 2.06. The average Bonchev–Trinajstić information content (AvgIpc) is 2.69. The second-order valence-electron chi connectivity index (χ2n) is 3.58. The third-order valence-corrected chi connectivity index (χ3v) is 2.22. The van der Waals surface area contributed by atoms with E-state index < -0.39 is 0 Å². The van der Waals surface area contributed by atoms with Crippen LogP contribution in [0, 0.1) is 6.92 Å². The standard InChI is InChI=1S/C12H17NO3/c1-3-10(8-14)13-12(15)7-6-11-5-4-9(2)16-11/h4-7,10,14H,3,8H2,1-2H3,(H,13,15)/b7-6+. The van der Waals surface area contributed by atoms with E-state index in [0.29, 0.717) is 12.2 Å². The van der Waals surface area contributed by atoms with Crippen LogP contribution >= 0.6 is 0 Å². The number of hydrogen-bond acceptors (Lipinski definition) is 3. The molecule has 16 heavy (non-hydrogen) atoms. The Labute approximate surface area is 95.0 Å². The van der Waals surface area contributed by atoms with Crippen molar-refractivity contribution in [3.05, 3.63) is 29.7 Å². The van der Waals surface area contributed by atoms with Gasteiger partial charge in [0.1, 0.15) is 11.5 Å². The Kier molecular flexibility index (Phi) is 4.79. The highest BCUT2D eigenvalue weighted by atomic mass is 16.3. The largest absolute Gasteiger partial charge is 0.462 e. The molecule has 2 N–H and O–H groups in total. The summed E-state index contributed by atoms with van der Waals surface area (Å²) in [6.45, 7) is 3.70. The normalized spacial score (nSPS) is 12.9. The molecule has 88 valence electrons. The number of nitrogens with one attached hydrogen (secondary N) is 1. The van der Waals surface area contributed by atoms with Crippen LogP contribution in [0.3, 0.4) is 0 Å². The summed E-state index contributed by atoms with van der Waals surface area (Å²) in [6.07, 6.45) is 3.71. The molecule has 1 atom stereocenters. The number of hydrogen-bond donors (Lipinski definition) is 2. The Morgan fingerprint density at radius 3 is 2.88 bits per heavy atom. The Morgan fingerprint density at radius 2 is 2.38 bits per heavy atom. The summed E-state index contributed by atoms with van der Waals surface area (Å²) in [5.41, 5.74) is 0. The first-order chi connectivity index (χ1) is 7.65. The lowest BCUT2D eigenvalue weighted by Gasteiger charge is -2.11. The number of aryl methyl sites for hydroxylation is 1. The maximum atomic E-state index is 11.4. The molecule has 0 bridgehead atoms. The summed E-state index contributed by atoms with van der Waals surface area (Å²) in [5.74, 6) is 1.22. The first kappa shape index (κ1) is 12.5. The third kappa shape index (κ3) is 3.90. The van der Waals surface area contributed by atoms with E-state index in [1.54, 1.807) is 12.1 Å². The summed E-state index contributed by atoms with van der Waals surface area (Å²) in [7, 11) is 0. The minimum absolute atomic E-state index is 0.0457. The van der Waals surface area contributed by atoms with E-state index in [9.17, 15) is 4.79 Å². The zero-order valence-electron chi connectivity index (χ0n) is 9.56. The van der Waals surface area contributed by atoms with E-state index in [4.69, 9.17) is 9.52 Å². The van der Waals surface area contributed by atoms with Gasteiger partial charge in [-0.25, -0.2) is 0 Å². The van der Waals surface area contributed by atoms with E-state index in [1.807, 2.05) is 19.9 Å². The maximum Gasteiger partial charge on any atom is 0.244 e. The molecule has 1 heterocycles. The van der Waals surface area contributed by atoms with Gasteiger partial charge in [0.2, 0.25) is 5.91 Å². The highest BCUT2D eigenvalue weighted by Crippen LogP contribution is 2.07. The lowest BCUT2D eigenvalue weighted by atomic mass is 10.2. The van der Waals surface area contributed by atoms with Crippen molar-refractivity contribution in [3.63, 3.8) is 0 Å². The van der Waals surface area contributed by atoms with Gasteiger partial charge in [0.15, 0.2) is 0 Å². The number of rotatable bonds is 5. The van der Waals surface area contributed by atoms with Crippen LogP contribution in [0.1, 0.15) is 24.9 Å². The second kappa shape index (κ2) is 6.12. The monoisotopic (exact) mass is 223 g/mol. The molecule has 0 aliphatic rings. The zero-order chi connectivity index (χ0) is 12.0. The molecule has 4 nitrogen and oxygen atoms in total. The van der Waals surface area contributed by atoms with Gasteiger partial charge < -0.3 is 14.8 Å². The van der Waals surface area contributed by atoms with Crippen LogP contribution in [0.5, 0.6) is 0 Å². The molecule has 0 saturated heterocycles. The van der Waals surface area contributed by atoms with Gasteiger partial charge in [0, 0.05) is 6.08 Å². The quantitative estimate of drug-likeness (QED) is 0.743. The predicted molar refractivity (Wildman–Crippen MR) is 61.8 cm³/mol. The van der Waals surface area contributed by atoms with Gasteiger partial charge in [0.25, 0.3) is 0 Å². The lowest BCUT2D eigenvalue weighted by Crippen LogP contribution is -2.35. The molecule has 1 aromatic rings. The van der Waals surface area contributed by atoms with Crippen LogP contribution in [0.15, 0.2) is 22.6 Å². The number of aliphatic hydroxyl groups is 1. The molecule has 0 aliphatic heterocycles. The van der Waals surface area contributed by atoms with Gasteiger partial charge >= 0.3 is 0 Å². The Balaban J connectivity index is 2.48. The zero-order valence-corrected chi connectivity index (χ0v) is 9.56. The maximum absolute atomic E-state index is 11.4. The fraction of sp³-hybridized carbons (Fsp3) is 0.417. The minimum atomic E-state index is -0.227. The van der Waals surface area contributed by atoms with Gasteiger partial charge in [-0.3, -0.25) is 4.79 Å². The molecule has 0 fully saturated rings. The molecule has 0 saturated carbocycles. The smallest absolute Gasteiger partial charge is 0.244 e. The number of aliphatic hydroxyl groups excluding tert-OH is 1. The van der Waals surface area contributed by atoms with E-state index in [0.717, 1.165) is 5.76 Å². The predicted octanol–water partition coefficient (Wildman–Crippen LogP) is 1.49. The van der Waals surface area contributed by atoms with Gasteiger partial charge in [-0.05, 0) is 31.6 Å². The molecule has 1 rings (SSSR count). The van der Waals surface area contributed by atoms with E-state index >= 15 is 0 Å². The number of carbonyl (C=O) groups is 1. The fourth-order valence-electron chi connectivity index (χ4n) is 1.23. The molecule has 1 amide bonds. The van der Waals surface area contributed by atoms with Crippen molar-refractivity contribution in [3.8, 4) is 0 Å². The van der Waals surface area contributed by atoms with Crippen LogP contribution < -0.4 is 5.32 Å². The van der Waals surface area contributed by atoms with Crippen LogP contribution in [0.25, 0.3) is 6.08 Å². The Hall–Kier alpha value is -1.55. The fourth-order valence-corrected chi connectivity index (χ4v) is 1.23. The molecular weight excluding hydrogens is 206 g/mol. The van der Waals surface area contributed by atoms with Crippen molar-refractivity contribution in [1.82, 2.24) is 5.32 Å². The van der Waals surface area contributed by atoms with Crippen LogP contribution in [-0.2, 0) is 4.79 Å². The van der Waals surface area contributed by atoms with Gasteiger partial charge in [-0.2, -0.15) is 0 Å². The number of furan rings is 1. The molecular formula is C12H17NO3. The van der Waals surface area contributed by atoms with Gasteiger partial charge in [-0.1, -0.05) is 6.92 Å². The molecule has 1 aromatic heterocycles. The van der Waals surface area contributed by atoms with Crippen molar-refractivity contribution in [2.45, 2.75) is 26.3 Å². The van der Waals surface area contributed by atoms with Crippen LogP contribution in [0.4, 0.5) is 0 Å². The number of carbonyl (C=O) groups excluding carboxylic acids is 1. The summed E-state index contributed by atoms with van der Waals surface area (Å²) in [4.78, 5) is 11.4. The SMILES string of the molecule is CCC(CO)NC(=O)/C=C/c1ccc(C)o1. The molecule has 0 radical (unpaired) electrons. The summed E-state index contributed by atoms with van der Waals surface area (Å²) >= 11 is 0. The van der Waals surface area contributed by atoms with E-state index in [-0.39, 0.29) is 18.6 Å². The number of amides is 1. The van der Waals surface area contributed by atoms with E-state index in [2.05, 4.69) is 5.32 Å². The van der Waals surface area contributed by atoms with Crippen molar-refractivity contribution in [2.75, 3.05) is 6.61 Å². The molecule has 0 aromatic carbocycles. The minimum Gasteiger partial charge on any atom is -0.462 e. The summed E-state index contributed by atoms with van der Waals surface area (Å²) in [6, 6.07) is 3.44. The second-order valence-corrected chi connectivity index (χ2v) is 3.58. The van der Waals surface area contributed by atoms with Gasteiger partial charge in [-0.15, -0.1) is 0 Å². The van der Waals surface area contributed by atoms with Crippen molar-refractivity contribution in [1.29, 1.82) is 0 Å². The lowest BCUT2D eigenvalue weighted by molar-refractivity contribution is -0.117. The molecule has 1 unspecified atom stereocenters. The highest BCUT2D eigenvalue weighted by molar-refractivity contribution is 5.91. The molecule has 4 heteroatoms. The van der Waals surface area contributed by atoms with E-state index in [1.165, 1.54) is 6.08 Å². The molecule has 0 spiro atoms. The first-order valence-corrected chi connectivity index (χ1v) is 5.31. The first-order valence-electron chi connectivity index (χ1n) is 5.31. The van der Waals surface area contributed by atoms with Crippen LogP contribution in [0.2, 0.25) is 0 Å². The Bertz CT molecular complexity index is 364.